The van der Waals surface area contributed by atoms with E-state index in [1.807, 2.05) is 0 Å². The molecule has 1 aromatic carbocycles. The zero-order chi connectivity index (χ0) is 16.8. The van der Waals surface area contributed by atoms with E-state index in [2.05, 4.69) is 11.0 Å². The molecule has 6 rings (SSSR count). The van der Waals surface area contributed by atoms with Crippen LogP contribution in [0.25, 0.3) is 0 Å². The molecule has 0 amide bonds. The van der Waals surface area contributed by atoms with Crippen LogP contribution in [0.5, 0.6) is 11.5 Å². The summed E-state index contributed by atoms with van der Waals surface area (Å²) in [5, 5.41) is 22.6. The Morgan fingerprint density at radius 2 is 2.08 bits per heavy atom. The number of hydrogen-bond acceptors (Lipinski definition) is 4. The summed E-state index contributed by atoms with van der Waals surface area (Å²) in [4.78, 5) is 2.60. The van der Waals surface area contributed by atoms with Crippen molar-refractivity contribution < 1.29 is 14.9 Å². The van der Waals surface area contributed by atoms with Crippen LogP contribution in [0.4, 0.5) is 0 Å². The van der Waals surface area contributed by atoms with Crippen molar-refractivity contribution in [1.29, 1.82) is 0 Å². The molecule has 4 heteroatoms. The summed E-state index contributed by atoms with van der Waals surface area (Å²) in [6.07, 6.45) is 7.53. The summed E-state index contributed by atoms with van der Waals surface area (Å²) in [6, 6.07) is 4.11. The van der Waals surface area contributed by atoms with E-state index in [4.69, 9.17) is 4.74 Å². The lowest BCUT2D eigenvalue weighted by molar-refractivity contribution is -0.173. The maximum atomic E-state index is 12.1. The van der Waals surface area contributed by atoms with Gasteiger partial charge >= 0.3 is 0 Å². The molecular formula is C21H27NO3. The number of ether oxygens (including phenoxy) is 1. The fourth-order valence-corrected chi connectivity index (χ4v) is 6.63. The van der Waals surface area contributed by atoms with E-state index >= 15 is 0 Å². The number of aliphatic hydroxyl groups is 1. The maximum absolute atomic E-state index is 12.1. The molecule has 0 aromatic heterocycles. The molecule has 5 aliphatic rings. The van der Waals surface area contributed by atoms with Crippen LogP contribution in [0.2, 0.25) is 0 Å². The highest BCUT2D eigenvalue weighted by molar-refractivity contribution is 5.59. The maximum Gasteiger partial charge on any atom is 0.165 e. The van der Waals surface area contributed by atoms with Gasteiger partial charge in [-0.2, -0.15) is 0 Å². The summed E-state index contributed by atoms with van der Waals surface area (Å²) >= 11 is 0. The number of likely N-dealkylation sites (tertiary alicyclic amines) is 1. The second kappa shape index (κ2) is 4.72. The minimum absolute atomic E-state index is 0.223. The quantitative estimate of drug-likeness (QED) is 0.868. The number of phenols is 1. The van der Waals surface area contributed by atoms with Crippen LogP contribution < -0.4 is 4.74 Å². The topological polar surface area (TPSA) is 52.9 Å². The van der Waals surface area contributed by atoms with Gasteiger partial charge in [-0.05, 0) is 75.0 Å². The van der Waals surface area contributed by atoms with E-state index in [-0.39, 0.29) is 17.2 Å². The van der Waals surface area contributed by atoms with Gasteiger partial charge in [0.25, 0.3) is 0 Å². The smallest absolute Gasteiger partial charge is 0.165 e. The summed E-state index contributed by atoms with van der Waals surface area (Å²) in [6.45, 7) is 2.91. The second-order valence-corrected chi connectivity index (χ2v) is 9.28. The van der Waals surface area contributed by atoms with Crippen molar-refractivity contribution in [2.75, 3.05) is 19.7 Å². The molecule has 0 radical (unpaired) electrons. The number of phenolic OH excluding ortho intramolecular Hbond substituents is 1. The number of hydrogen-bond donors (Lipinski definition) is 2. The fraction of sp³-hybridized carbons (Fsp3) is 0.714. The van der Waals surface area contributed by atoms with Crippen LogP contribution in [-0.2, 0) is 11.8 Å². The van der Waals surface area contributed by atoms with Gasteiger partial charge in [-0.15, -0.1) is 0 Å². The molecule has 3 aliphatic carbocycles. The monoisotopic (exact) mass is 341 g/mol. The third kappa shape index (κ3) is 1.80. The summed E-state index contributed by atoms with van der Waals surface area (Å²) in [5.74, 6) is 2.27. The van der Waals surface area contributed by atoms with Crippen molar-refractivity contribution in [2.45, 2.75) is 62.0 Å². The highest BCUT2D eigenvalue weighted by atomic mass is 16.5. The second-order valence-electron chi connectivity index (χ2n) is 9.28. The Balaban J connectivity index is 1.56. The molecule has 25 heavy (non-hydrogen) atoms. The minimum atomic E-state index is -0.667. The molecule has 4 atom stereocenters. The van der Waals surface area contributed by atoms with E-state index in [1.54, 1.807) is 6.07 Å². The van der Waals surface area contributed by atoms with E-state index in [0.717, 1.165) is 56.7 Å². The van der Waals surface area contributed by atoms with Crippen LogP contribution in [-0.4, -0.2) is 46.5 Å². The number of benzene rings is 1. The van der Waals surface area contributed by atoms with E-state index in [1.165, 1.54) is 18.4 Å². The Hall–Kier alpha value is -1.26. The predicted octanol–water partition coefficient (Wildman–Crippen LogP) is 2.59. The summed E-state index contributed by atoms with van der Waals surface area (Å²) in [7, 11) is 0. The molecule has 134 valence electrons. The molecule has 3 bridgehead atoms. The third-order valence-corrected chi connectivity index (χ3v) is 7.99. The molecule has 1 unspecified atom stereocenters. The zero-order valence-electron chi connectivity index (χ0n) is 14.7. The largest absolute Gasteiger partial charge is 0.504 e. The average molecular weight is 341 g/mol. The standard InChI is InChI=1S/C21H27NO3/c23-16-4-3-15-9-17-21(24)6-5-14-10-20(21,18(15)19(16)25-12-14)7-8-22(17)11-13-1-2-13/h3-4,13-14,17,23-24H,1-2,5-12H2/t14?,17-,20-,21-/m1/s1. The number of nitrogens with zero attached hydrogens (tertiary/aromatic N) is 1. The molecule has 2 N–H and O–H groups in total. The summed E-state index contributed by atoms with van der Waals surface area (Å²) < 4.78 is 6.11. The Kier molecular flexibility index (Phi) is 2.80. The van der Waals surface area contributed by atoms with Crippen LogP contribution in [0.3, 0.4) is 0 Å². The Morgan fingerprint density at radius 3 is 2.92 bits per heavy atom. The van der Waals surface area contributed by atoms with E-state index in [0.29, 0.717) is 18.3 Å². The lowest BCUT2D eigenvalue weighted by Crippen LogP contribution is -2.73. The van der Waals surface area contributed by atoms with Crippen molar-refractivity contribution in [1.82, 2.24) is 4.90 Å². The fourth-order valence-electron chi connectivity index (χ4n) is 6.63. The van der Waals surface area contributed by atoms with Crippen molar-refractivity contribution in [3.63, 3.8) is 0 Å². The van der Waals surface area contributed by atoms with Gasteiger partial charge in [0.1, 0.15) is 0 Å². The van der Waals surface area contributed by atoms with Gasteiger partial charge in [-0.1, -0.05) is 6.07 Å². The lowest BCUT2D eigenvalue weighted by atomic mass is 9.48. The van der Waals surface area contributed by atoms with E-state index < -0.39 is 5.60 Å². The Labute approximate surface area is 148 Å². The third-order valence-electron chi connectivity index (χ3n) is 7.99. The minimum Gasteiger partial charge on any atom is -0.504 e. The highest BCUT2D eigenvalue weighted by Gasteiger charge is 2.66. The van der Waals surface area contributed by atoms with Crippen LogP contribution in [0, 0.1) is 11.8 Å². The van der Waals surface area contributed by atoms with Gasteiger partial charge < -0.3 is 14.9 Å². The van der Waals surface area contributed by atoms with Gasteiger partial charge in [-0.25, -0.2) is 0 Å². The Morgan fingerprint density at radius 1 is 1.20 bits per heavy atom. The molecule has 1 spiro atoms. The van der Waals surface area contributed by atoms with Gasteiger partial charge in [0.2, 0.25) is 0 Å². The highest BCUT2D eigenvalue weighted by Crippen LogP contribution is 2.63. The van der Waals surface area contributed by atoms with Gasteiger partial charge in [0.15, 0.2) is 11.5 Å². The number of rotatable bonds is 2. The van der Waals surface area contributed by atoms with Crippen molar-refractivity contribution >= 4 is 0 Å². The molecule has 1 aromatic rings. The van der Waals surface area contributed by atoms with Gasteiger partial charge in [0.05, 0.1) is 12.2 Å². The molecule has 2 aliphatic heterocycles. The number of aromatic hydroxyl groups is 1. The number of fused-ring (bicyclic) bond motifs is 1. The SMILES string of the molecule is Oc1ccc2c3c1OCC1CC[C@@]4(O)[C@@H](C2)N(CC2CC2)CC[C@@]34C1. The Bertz CT molecular complexity index is 745. The molecule has 3 fully saturated rings. The molecule has 4 nitrogen and oxygen atoms in total. The van der Waals surface area contributed by atoms with E-state index in [9.17, 15) is 10.2 Å². The van der Waals surface area contributed by atoms with Crippen molar-refractivity contribution in [3.8, 4) is 11.5 Å². The predicted molar refractivity (Wildman–Crippen MR) is 94.0 cm³/mol. The first kappa shape index (κ1) is 14.9. The molecular weight excluding hydrogens is 314 g/mol. The van der Waals surface area contributed by atoms with Crippen LogP contribution in [0.1, 0.15) is 49.7 Å². The summed E-state index contributed by atoms with van der Waals surface area (Å²) in [5.41, 5.74) is 1.56. The van der Waals surface area contributed by atoms with Crippen molar-refractivity contribution in [3.05, 3.63) is 23.3 Å². The van der Waals surface area contributed by atoms with Gasteiger partial charge in [-0.3, -0.25) is 4.90 Å². The molecule has 1 saturated heterocycles. The first-order chi connectivity index (χ1) is 12.1. The first-order valence-electron chi connectivity index (χ1n) is 10.1. The molecule has 2 saturated carbocycles. The van der Waals surface area contributed by atoms with Gasteiger partial charge in [0, 0.05) is 23.6 Å². The van der Waals surface area contributed by atoms with Crippen LogP contribution >= 0.6 is 0 Å². The first-order valence-corrected chi connectivity index (χ1v) is 10.1. The van der Waals surface area contributed by atoms with Crippen LogP contribution in [0.15, 0.2) is 12.1 Å². The zero-order valence-corrected chi connectivity index (χ0v) is 14.7. The van der Waals surface area contributed by atoms with Crippen molar-refractivity contribution in [2.24, 2.45) is 11.8 Å². The molecule has 2 heterocycles. The lowest BCUT2D eigenvalue weighted by Gasteiger charge is -2.64. The average Bonchev–Trinajstić information content (AvgIpc) is 3.41. The normalized spacial score (nSPS) is 41.8. The number of piperidine rings is 1.